The first-order valence-corrected chi connectivity index (χ1v) is 42.3. The average molecular weight is 1740 g/mol. The number of hydrogen-bond donors (Lipinski definition) is 2. The van der Waals surface area contributed by atoms with Crippen molar-refractivity contribution in [2.75, 3.05) is 99.9 Å². The van der Waals surface area contributed by atoms with Crippen molar-refractivity contribution >= 4 is 126 Å². The van der Waals surface area contributed by atoms with E-state index in [0.717, 1.165) is 118 Å². The Balaban J connectivity index is 0.000000122. The van der Waals surface area contributed by atoms with E-state index in [9.17, 15) is 28.8 Å². The number of methoxy groups -OCH3 is 2. The third-order valence-corrected chi connectivity index (χ3v) is 24.5. The van der Waals surface area contributed by atoms with Gasteiger partial charge in [0, 0.05) is 87.5 Å². The molecule has 3 atom stereocenters. The molecule has 628 valence electrons. The van der Waals surface area contributed by atoms with Crippen LogP contribution in [0.4, 0.5) is 29.1 Å². The third-order valence-electron chi connectivity index (χ3n) is 23.3. The number of carbonyl (C=O) groups excluding carboxylic acids is 3. The molecule has 0 aliphatic carbocycles. The molecule has 0 spiro atoms. The summed E-state index contributed by atoms with van der Waals surface area (Å²) >= 11 is 25.4. The number of fused-ring (bicyclic) bond motifs is 6. The van der Waals surface area contributed by atoms with Gasteiger partial charge < -0.3 is 54.4 Å². The second-order valence-electron chi connectivity index (χ2n) is 31.0. The van der Waals surface area contributed by atoms with Crippen LogP contribution in [0.5, 0.6) is 11.5 Å². The lowest BCUT2D eigenvalue weighted by Gasteiger charge is -2.37. The van der Waals surface area contributed by atoms with Crippen molar-refractivity contribution in [1.29, 1.82) is 0 Å². The highest BCUT2D eigenvalue weighted by Crippen LogP contribution is 2.44. The molecule has 2 N–H and O–H groups in total. The van der Waals surface area contributed by atoms with Crippen molar-refractivity contribution in [1.82, 2.24) is 63.6 Å². The van der Waals surface area contributed by atoms with Crippen LogP contribution in [-0.4, -0.2) is 151 Å². The molecule has 0 bridgehead atoms. The second-order valence-corrected chi connectivity index (χ2v) is 32.6. The number of pyridine rings is 3. The molecule has 8 aromatic carbocycles. The van der Waals surface area contributed by atoms with Crippen LogP contribution in [0, 0.1) is 0 Å². The summed E-state index contributed by atoms with van der Waals surface area (Å²) in [5, 5.41) is 12.3. The van der Waals surface area contributed by atoms with Gasteiger partial charge in [0.25, 0.3) is 34.4 Å². The van der Waals surface area contributed by atoms with E-state index in [2.05, 4.69) is 62.4 Å². The van der Waals surface area contributed by atoms with Crippen LogP contribution in [0.1, 0.15) is 116 Å². The molecule has 124 heavy (non-hydrogen) atoms. The summed E-state index contributed by atoms with van der Waals surface area (Å²) < 4.78 is 15.8. The number of carbonyl (C=O) groups is 3. The fourth-order valence-corrected chi connectivity index (χ4v) is 18.4. The topological polar surface area (TPSA) is 260 Å². The van der Waals surface area contributed by atoms with E-state index < -0.39 is 0 Å². The number of rotatable bonds is 14. The van der Waals surface area contributed by atoms with E-state index in [4.69, 9.17) is 60.9 Å². The number of aromatic nitrogens is 9. The zero-order valence-corrected chi connectivity index (χ0v) is 71.5. The minimum atomic E-state index is -0.208. The first kappa shape index (κ1) is 83.0. The van der Waals surface area contributed by atoms with Gasteiger partial charge in [-0.25, -0.2) is 29.9 Å². The molecule has 6 aliphatic heterocycles. The van der Waals surface area contributed by atoms with Crippen molar-refractivity contribution in [3.8, 4) is 28.6 Å². The van der Waals surface area contributed by atoms with Gasteiger partial charge in [-0.1, -0.05) is 162 Å². The summed E-state index contributed by atoms with van der Waals surface area (Å²) in [6.07, 6.45) is 9.94. The Kier molecular flexibility index (Phi) is 24.1. The zero-order valence-electron chi connectivity index (χ0n) is 68.5. The Hall–Kier alpha value is -13.2. The van der Waals surface area contributed by atoms with Gasteiger partial charge >= 0.3 is 0 Å². The van der Waals surface area contributed by atoms with E-state index >= 15 is 0 Å². The summed E-state index contributed by atoms with van der Waals surface area (Å²) in [6.45, 7) is 4.80. The van der Waals surface area contributed by atoms with Gasteiger partial charge in [0.05, 0.1) is 77.5 Å². The van der Waals surface area contributed by atoms with Gasteiger partial charge in [0.1, 0.15) is 81.4 Å². The zero-order chi connectivity index (χ0) is 86.0. The molecule has 0 radical (unpaired) electrons. The normalized spacial score (nSPS) is 16.6. The fraction of sp³-hybridized carbons (Fsp3) is 0.234. The number of nitrogens with zero attached hydrogens (tertiary/aromatic N) is 16. The number of amides is 3. The van der Waals surface area contributed by atoms with Crippen LogP contribution >= 0.6 is 46.4 Å². The lowest BCUT2D eigenvalue weighted by atomic mass is 10.0. The molecule has 12 heterocycles. The minimum absolute atomic E-state index is 0.0528. The van der Waals surface area contributed by atoms with Crippen molar-refractivity contribution in [2.24, 2.45) is 0 Å². The summed E-state index contributed by atoms with van der Waals surface area (Å²) in [4.78, 5) is 120. The number of nitrogens with one attached hydrogen (secondary N) is 2. The van der Waals surface area contributed by atoms with Crippen molar-refractivity contribution in [3.05, 3.63) is 327 Å². The van der Waals surface area contributed by atoms with E-state index in [1.165, 1.54) is 19.0 Å². The Morgan fingerprint density at radius 2 is 0.798 bits per heavy atom. The van der Waals surface area contributed by atoms with E-state index in [-0.39, 0.29) is 57.7 Å². The first-order valence-electron chi connectivity index (χ1n) is 40.8. The smallest absolute Gasteiger partial charge is 0.264 e. The number of benzene rings is 8. The average Bonchev–Trinajstić information content (AvgIpc) is 1.38. The molecule has 26 nitrogen and oxygen atoms in total. The SMILES string of the molecule is CN1CNc2ncnc(N3CCCC3c3cc4cccc(Cl)c4c(=O)n3-c3ccccc3)c2C1=O.COc1ccc(CN2CN(C)C(=O)c3c(Cl)ncnc32)cc1.COc1ccc(CN2CN(C)C(=O)c3c2ncnc3N2CCCC2c2cc3cccc(Cl)c3c(=O)n2-c2ccccc2)cc1.O=c1c2c(Cl)cccc2cc([C@@H]2CCCN2)n1-c1ccccc1. The summed E-state index contributed by atoms with van der Waals surface area (Å²) in [5.74, 6) is 4.05. The lowest BCUT2D eigenvalue weighted by molar-refractivity contribution is 0.0773. The number of hydrogen-bond acceptors (Lipinski definition) is 20. The molecule has 30 heteroatoms. The summed E-state index contributed by atoms with van der Waals surface area (Å²) in [5.41, 5.74) is 8.13. The molecule has 6 aliphatic rings. The molecule has 6 aromatic heterocycles. The van der Waals surface area contributed by atoms with E-state index in [1.54, 1.807) is 82.0 Å². The minimum Gasteiger partial charge on any atom is -0.497 e. The molecule has 3 fully saturated rings. The number of halogens is 4. The standard InChI is InChI=1S/C34H31ClN6O3.C26H23ClN6O2.C19H17ClN2O.C15H15ClN4O2/c1-38-21-39(19-22-13-15-25(44-2)16-14-22)31-30(33(38)42)32(37-20-36-31)40-17-7-12-27(40)28-18-23-8-6-11-26(35)29(23)34(43)41(28)24-9-4-3-5-10-24;1-31-15-30-23-22(25(31)34)24(29-14-28-23)32-12-6-11-19(32)20-13-16-7-5-10-18(27)21(16)26(35)33(20)17-8-3-2-4-9-17;20-15-9-4-6-13-12-17(16-10-5-11-21-16)22(19(23)18(13)15)14-7-2-1-3-8-14;1-19-9-20(7-10-3-5-11(22-2)6-4-10)14-12(15(19)21)13(16)17-8-18-14/h3-6,8-11,13-16,18,20,27H,7,12,17,19,21H2,1-2H3;2-5,7-10,13-14,19H,6,11-12,15H2,1H3,(H,28,29,30);1-4,6-9,12,16,21H,5,10-11H2;3-6,8H,7,9H2,1-2H3/t;;16-;/m..0./s1. The molecule has 3 saturated heterocycles. The predicted octanol–water partition coefficient (Wildman–Crippen LogP) is 16.3. The Bertz CT molecular complexity index is 6590. The van der Waals surface area contributed by atoms with E-state index in [0.29, 0.717) is 123 Å². The fourth-order valence-electron chi connectivity index (χ4n) is 17.4. The van der Waals surface area contributed by atoms with Crippen LogP contribution < -0.4 is 56.4 Å². The quantitative estimate of drug-likeness (QED) is 0.0959. The van der Waals surface area contributed by atoms with Gasteiger partial charge in [0.2, 0.25) is 0 Å². The van der Waals surface area contributed by atoms with Gasteiger partial charge in [0.15, 0.2) is 0 Å². The maximum Gasteiger partial charge on any atom is 0.264 e. The first-order chi connectivity index (χ1) is 60.3. The van der Waals surface area contributed by atoms with Crippen molar-refractivity contribution < 1.29 is 23.9 Å². The highest BCUT2D eigenvalue weighted by molar-refractivity contribution is 6.36. The molecular formula is C94H86Cl4N18O8. The summed E-state index contributed by atoms with van der Waals surface area (Å²) in [6, 6.07) is 67.3. The van der Waals surface area contributed by atoms with Crippen LogP contribution in [0.2, 0.25) is 20.2 Å². The Labute approximate surface area is 734 Å². The lowest BCUT2D eigenvalue weighted by Crippen LogP contribution is -2.46. The molecular weight excluding hydrogens is 1650 g/mol. The second kappa shape index (κ2) is 36.1. The maximum atomic E-state index is 14.1. The number of ether oxygens (including phenoxy) is 2. The van der Waals surface area contributed by atoms with Crippen molar-refractivity contribution in [2.45, 2.75) is 69.7 Å². The Morgan fingerprint density at radius 1 is 0.403 bits per heavy atom. The van der Waals surface area contributed by atoms with Crippen LogP contribution in [-0.2, 0) is 13.1 Å². The maximum absolute atomic E-state index is 14.1. The molecule has 14 aromatic rings. The van der Waals surface area contributed by atoms with E-state index in [1.807, 2.05) is 187 Å². The van der Waals surface area contributed by atoms with Gasteiger partial charge in [-0.3, -0.25) is 42.5 Å². The molecule has 20 rings (SSSR count). The molecule has 0 saturated carbocycles. The Morgan fingerprint density at radius 3 is 1.24 bits per heavy atom. The van der Waals surface area contributed by atoms with Crippen LogP contribution in [0.25, 0.3) is 49.4 Å². The molecule has 3 amide bonds. The molecule has 2 unspecified atom stereocenters. The van der Waals surface area contributed by atoms with Gasteiger partial charge in [-0.05, 0) is 169 Å². The van der Waals surface area contributed by atoms with Gasteiger partial charge in [-0.2, -0.15) is 0 Å². The predicted molar refractivity (Wildman–Crippen MR) is 486 cm³/mol. The monoisotopic (exact) mass is 1730 g/mol. The highest BCUT2D eigenvalue weighted by Gasteiger charge is 2.41. The van der Waals surface area contributed by atoms with Crippen LogP contribution in [0.15, 0.2) is 246 Å². The number of para-hydroxylation sites is 3. The van der Waals surface area contributed by atoms with Gasteiger partial charge in [-0.15, -0.1) is 0 Å². The largest absolute Gasteiger partial charge is 0.497 e. The van der Waals surface area contributed by atoms with Crippen LogP contribution in [0.3, 0.4) is 0 Å². The summed E-state index contributed by atoms with van der Waals surface area (Å²) in [7, 11) is 8.55. The third kappa shape index (κ3) is 16.3. The highest BCUT2D eigenvalue weighted by atomic mass is 35.5. The van der Waals surface area contributed by atoms with Crippen molar-refractivity contribution in [3.63, 3.8) is 0 Å². The number of anilines is 5.